The van der Waals surface area contributed by atoms with Crippen LogP contribution < -0.4 is 103 Å². The van der Waals surface area contributed by atoms with E-state index < -0.39 is 30.0 Å². The normalized spacial score (nSPS) is 11.9. The van der Waals surface area contributed by atoms with Gasteiger partial charge in [-0.3, -0.25) is 4.98 Å². The Morgan fingerprint density at radius 2 is 1.48 bits per heavy atom. The molecule has 0 unspecified atom stereocenters. The third-order valence-electron chi connectivity index (χ3n) is 4.44. The molecule has 158 valence electrons. The number of rotatable bonds is 4. The van der Waals surface area contributed by atoms with Crippen LogP contribution in [-0.4, -0.2) is 36.0 Å². The average molecular weight is 536 g/mol. The second-order valence-corrected chi connectivity index (χ2v) is 9.11. The molecular formula is C19H11K2N3O7S2. The van der Waals surface area contributed by atoms with E-state index in [9.17, 15) is 31.0 Å². The Balaban J connectivity index is 0.00000193. The van der Waals surface area contributed by atoms with Gasteiger partial charge < -0.3 is 14.2 Å². The number of benzene rings is 3. The van der Waals surface area contributed by atoms with Crippen LogP contribution in [0.25, 0.3) is 21.7 Å². The topological polar surface area (TPSA) is 172 Å². The number of fused-ring (bicyclic) bond motifs is 2. The van der Waals surface area contributed by atoms with Gasteiger partial charge in [0.05, 0.1) is 15.5 Å². The van der Waals surface area contributed by atoms with Gasteiger partial charge in [0.2, 0.25) is 0 Å². The summed E-state index contributed by atoms with van der Waals surface area (Å²) in [4.78, 5) is 2.59. The summed E-state index contributed by atoms with van der Waals surface area (Å²) >= 11 is 0. The number of hydrogen-bond donors (Lipinski definition) is 1. The van der Waals surface area contributed by atoms with Gasteiger partial charge in [0.15, 0.2) is 5.75 Å². The fourth-order valence-electron chi connectivity index (χ4n) is 3.10. The molecule has 10 nitrogen and oxygen atoms in total. The Bertz CT molecular complexity index is 1610. The summed E-state index contributed by atoms with van der Waals surface area (Å²) in [5.74, 6) is -0.276. The van der Waals surface area contributed by atoms with Crippen molar-refractivity contribution in [2.45, 2.75) is 9.79 Å². The van der Waals surface area contributed by atoms with E-state index in [4.69, 9.17) is 0 Å². The zero-order chi connectivity index (χ0) is 22.4. The second-order valence-electron chi connectivity index (χ2n) is 6.41. The Hall–Kier alpha value is -0.177. The van der Waals surface area contributed by atoms with Crippen LogP contribution in [0.5, 0.6) is 5.75 Å². The van der Waals surface area contributed by atoms with Crippen molar-refractivity contribution in [2.75, 3.05) is 0 Å². The molecule has 0 atom stereocenters. The van der Waals surface area contributed by atoms with Gasteiger partial charge in [0.25, 0.3) is 0 Å². The second kappa shape index (κ2) is 11.3. The van der Waals surface area contributed by atoms with Crippen molar-refractivity contribution in [3.63, 3.8) is 0 Å². The van der Waals surface area contributed by atoms with E-state index in [1.165, 1.54) is 18.3 Å². The van der Waals surface area contributed by atoms with Crippen molar-refractivity contribution in [1.82, 2.24) is 4.98 Å². The molecule has 14 heteroatoms. The predicted molar refractivity (Wildman–Crippen MR) is 107 cm³/mol. The summed E-state index contributed by atoms with van der Waals surface area (Å²) in [5.41, 5.74) is 0.0566. The van der Waals surface area contributed by atoms with Crippen LogP contribution in [-0.2, 0) is 20.2 Å². The number of phenolic OH excluding ortho intramolecular Hbond substituents is 1. The number of hydrogen-bond acceptors (Lipinski definition) is 10. The van der Waals surface area contributed by atoms with E-state index in [2.05, 4.69) is 15.2 Å². The summed E-state index contributed by atoms with van der Waals surface area (Å²) in [5, 5.41) is 18.2. The molecule has 1 aromatic heterocycles. The minimum atomic E-state index is -5.04. The van der Waals surface area contributed by atoms with Crippen molar-refractivity contribution >= 4 is 53.3 Å². The summed E-state index contributed by atoms with van der Waals surface area (Å²) in [6.45, 7) is 0. The Morgan fingerprint density at radius 1 is 0.788 bits per heavy atom. The number of aromatic nitrogens is 1. The first-order valence-electron chi connectivity index (χ1n) is 8.53. The first kappa shape index (κ1) is 29.1. The van der Waals surface area contributed by atoms with Crippen molar-refractivity contribution in [2.24, 2.45) is 10.2 Å². The first-order valence-corrected chi connectivity index (χ1v) is 11.3. The largest absolute Gasteiger partial charge is 1.00 e. The molecule has 0 bridgehead atoms. The third kappa shape index (κ3) is 6.34. The third-order valence-corrected chi connectivity index (χ3v) is 6.21. The molecule has 3 aromatic carbocycles. The molecule has 0 spiro atoms. The monoisotopic (exact) mass is 535 g/mol. The smallest absolute Gasteiger partial charge is 0.744 e. The van der Waals surface area contributed by atoms with Crippen LogP contribution in [0.1, 0.15) is 0 Å². The molecule has 1 N–H and O–H groups in total. The van der Waals surface area contributed by atoms with Gasteiger partial charge >= 0.3 is 103 Å². The zero-order valence-electron chi connectivity index (χ0n) is 17.3. The number of aromatic hydroxyl groups is 1. The molecular weight excluding hydrogens is 525 g/mol. The maximum Gasteiger partial charge on any atom is 1.00 e. The van der Waals surface area contributed by atoms with Gasteiger partial charge in [-0.05, 0) is 30.3 Å². The summed E-state index contributed by atoms with van der Waals surface area (Å²) < 4.78 is 70.0. The van der Waals surface area contributed by atoms with Crippen LogP contribution in [0.3, 0.4) is 0 Å². The number of pyridine rings is 1. The Labute approximate surface area is 273 Å². The van der Waals surface area contributed by atoms with Gasteiger partial charge in [-0.25, -0.2) is 16.8 Å². The summed E-state index contributed by atoms with van der Waals surface area (Å²) in [6.07, 6.45) is 1.47. The molecule has 0 aliphatic heterocycles. The van der Waals surface area contributed by atoms with E-state index in [0.29, 0.717) is 5.39 Å². The van der Waals surface area contributed by atoms with E-state index >= 15 is 0 Å². The Morgan fingerprint density at radius 3 is 2.15 bits per heavy atom. The minimum absolute atomic E-state index is 0. The predicted octanol–water partition coefficient (Wildman–Crippen LogP) is -2.67. The van der Waals surface area contributed by atoms with Gasteiger partial charge in [0.1, 0.15) is 31.4 Å². The first-order chi connectivity index (χ1) is 14.6. The number of nitrogens with zero attached hydrogens (tertiary/aromatic N) is 3. The SMILES string of the molecule is O=S(=O)([O-])c1cc(N=Nc2ccc3cccnc3c2O)cc2c(S(=O)(=O)[O-])cccc12.[K+].[K+]. The van der Waals surface area contributed by atoms with Crippen LogP contribution in [0.2, 0.25) is 0 Å². The summed E-state index contributed by atoms with van der Waals surface area (Å²) in [7, 11) is -10.0. The van der Waals surface area contributed by atoms with E-state index in [-0.39, 0.29) is 136 Å². The van der Waals surface area contributed by atoms with Crippen LogP contribution in [0.15, 0.2) is 80.8 Å². The fourth-order valence-corrected chi connectivity index (χ4v) is 4.50. The minimum Gasteiger partial charge on any atom is -0.744 e. The van der Waals surface area contributed by atoms with E-state index in [1.54, 1.807) is 18.2 Å². The van der Waals surface area contributed by atoms with E-state index in [0.717, 1.165) is 24.3 Å². The van der Waals surface area contributed by atoms with Crippen molar-refractivity contribution in [1.29, 1.82) is 0 Å². The molecule has 33 heavy (non-hydrogen) atoms. The maximum absolute atomic E-state index is 11.7. The molecule has 0 radical (unpaired) electrons. The van der Waals surface area contributed by atoms with Gasteiger partial charge in [-0.1, -0.05) is 24.3 Å². The molecule has 4 rings (SSSR count). The van der Waals surface area contributed by atoms with Crippen LogP contribution in [0, 0.1) is 0 Å². The maximum atomic E-state index is 11.7. The van der Waals surface area contributed by atoms with Gasteiger partial charge in [-0.15, -0.1) is 5.11 Å². The summed E-state index contributed by atoms with van der Waals surface area (Å²) in [6, 6.07) is 11.9. The van der Waals surface area contributed by atoms with Crippen molar-refractivity contribution in [3.8, 4) is 5.75 Å². The quantitative estimate of drug-likeness (QED) is 0.167. The molecule has 4 aromatic rings. The molecule has 0 aliphatic rings. The molecule has 0 aliphatic carbocycles. The molecule has 0 amide bonds. The Kier molecular flexibility index (Phi) is 9.91. The molecule has 1 heterocycles. The van der Waals surface area contributed by atoms with Gasteiger partial charge in [-0.2, -0.15) is 5.11 Å². The average Bonchev–Trinajstić information content (AvgIpc) is 2.71. The molecule has 0 fully saturated rings. The van der Waals surface area contributed by atoms with Crippen LogP contribution >= 0.6 is 0 Å². The van der Waals surface area contributed by atoms with Crippen LogP contribution in [0.4, 0.5) is 11.4 Å². The van der Waals surface area contributed by atoms with Gasteiger partial charge in [0, 0.05) is 22.4 Å². The molecule has 0 saturated heterocycles. The van der Waals surface area contributed by atoms with Crippen molar-refractivity contribution < 1.29 is 134 Å². The fraction of sp³-hybridized carbons (Fsp3) is 0. The zero-order valence-corrected chi connectivity index (χ0v) is 25.2. The van der Waals surface area contributed by atoms with Crippen molar-refractivity contribution in [3.05, 3.63) is 60.8 Å². The number of phenols is 1. The van der Waals surface area contributed by atoms with E-state index in [1.807, 2.05) is 0 Å². The molecule has 0 saturated carbocycles. The number of azo groups is 1. The standard InChI is InChI=1S/C19H13N3O7S2.2K/c23-19-15(7-6-11-3-2-8-20-18(11)19)22-21-12-9-14-13(17(10-12)31(27,28)29)4-1-5-16(14)30(24,25)26;;/h1-10,23H,(H,24,25,26)(H,27,28,29);;/q;2*+1/p-2.